The first-order valence-electron chi connectivity index (χ1n) is 10.9. The van der Waals surface area contributed by atoms with Crippen molar-refractivity contribution in [3.8, 4) is 17.0 Å². The van der Waals surface area contributed by atoms with Gasteiger partial charge in [-0.15, -0.1) is 11.3 Å². The molecule has 1 amide bonds. The first-order valence-corrected chi connectivity index (χ1v) is 11.7. The summed E-state index contributed by atoms with van der Waals surface area (Å²) in [4.78, 5) is 16.9. The summed E-state index contributed by atoms with van der Waals surface area (Å²) in [6.07, 6.45) is 1.04. The Kier molecular flexibility index (Phi) is 6.56. The van der Waals surface area contributed by atoms with E-state index in [9.17, 15) is 4.79 Å². The third kappa shape index (κ3) is 5.54. The van der Waals surface area contributed by atoms with Crippen LogP contribution in [0, 0.1) is 0 Å². The summed E-state index contributed by atoms with van der Waals surface area (Å²) < 4.78 is 5.78. The van der Waals surface area contributed by atoms with Crippen molar-refractivity contribution < 1.29 is 9.53 Å². The maximum absolute atomic E-state index is 12.3. The molecular weight excluding hydrogens is 416 g/mol. The van der Waals surface area contributed by atoms with Gasteiger partial charge in [-0.25, -0.2) is 4.98 Å². The minimum Gasteiger partial charge on any atom is -0.494 e. The molecule has 4 aromatic rings. The largest absolute Gasteiger partial charge is 0.494 e. The number of amides is 1. The highest BCUT2D eigenvalue weighted by atomic mass is 32.1. The lowest BCUT2D eigenvalue weighted by molar-refractivity contribution is -0.116. The Balaban J connectivity index is 1.25. The molecule has 3 aromatic carbocycles. The van der Waals surface area contributed by atoms with E-state index >= 15 is 0 Å². The Morgan fingerprint density at radius 3 is 2.50 bits per heavy atom. The normalized spacial score (nSPS) is 11.5. The van der Waals surface area contributed by atoms with Crippen molar-refractivity contribution in [2.24, 2.45) is 0 Å². The highest BCUT2D eigenvalue weighted by Crippen LogP contribution is 2.28. The topological polar surface area (TPSA) is 51.2 Å². The highest BCUT2D eigenvalue weighted by molar-refractivity contribution is 7.14. The van der Waals surface area contributed by atoms with E-state index < -0.39 is 0 Å². The van der Waals surface area contributed by atoms with Crippen LogP contribution in [0.4, 0.5) is 5.13 Å². The van der Waals surface area contributed by atoms with Crippen molar-refractivity contribution >= 4 is 33.1 Å². The van der Waals surface area contributed by atoms with Crippen LogP contribution >= 0.6 is 11.3 Å². The van der Waals surface area contributed by atoms with Crippen LogP contribution in [-0.4, -0.2) is 17.5 Å². The van der Waals surface area contributed by atoms with Crippen LogP contribution in [0.2, 0.25) is 0 Å². The van der Waals surface area contributed by atoms with Gasteiger partial charge in [0.25, 0.3) is 0 Å². The Morgan fingerprint density at radius 2 is 1.75 bits per heavy atom. The molecule has 1 heterocycles. The van der Waals surface area contributed by atoms with E-state index in [2.05, 4.69) is 73.5 Å². The van der Waals surface area contributed by atoms with Gasteiger partial charge in [-0.05, 0) is 46.4 Å². The summed E-state index contributed by atoms with van der Waals surface area (Å²) >= 11 is 1.44. The molecule has 0 saturated carbocycles. The summed E-state index contributed by atoms with van der Waals surface area (Å²) in [7, 11) is 0. The van der Waals surface area contributed by atoms with Gasteiger partial charge in [-0.2, -0.15) is 0 Å². The molecular formula is C27H28N2O2S. The molecule has 0 saturated heterocycles. The zero-order valence-corrected chi connectivity index (χ0v) is 19.5. The van der Waals surface area contributed by atoms with Crippen molar-refractivity contribution in [2.75, 3.05) is 11.9 Å². The fourth-order valence-electron chi connectivity index (χ4n) is 3.47. The molecule has 4 nitrogen and oxygen atoms in total. The molecule has 1 N–H and O–H groups in total. The number of carbonyl (C=O) groups excluding carboxylic acids is 1. The van der Waals surface area contributed by atoms with Gasteiger partial charge < -0.3 is 10.1 Å². The van der Waals surface area contributed by atoms with E-state index in [-0.39, 0.29) is 11.3 Å². The molecule has 0 radical (unpaired) electrons. The van der Waals surface area contributed by atoms with Gasteiger partial charge in [-0.1, -0.05) is 69.3 Å². The maximum Gasteiger partial charge on any atom is 0.226 e. The van der Waals surface area contributed by atoms with Crippen LogP contribution in [0.25, 0.3) is 22.0 Å². The average Bonchev–Trinajstić information content (AvgIpc) is 3.24. The second kappa shape index (κ2) is 9.53. The van der Waals surface area contributed by atoms with Gasteiger partial charge in [0, 0.05) is 17.4 Å². The Bertz CT molecular complexity index is 1210. The quantitative estimate of drug-likeness (QED) is 0.310. The van der Waals surface area contributed by atoms with Crippen LogP contribution < -0.4 is 10.1 Å². The third-order valence-electron chi connectivity index (χ3n) is 5.33. The number of nitrogens with zero attached hydrogens (tertiary/aromatic N) is 1. The second-order valence-corrected chi connectivity index (χ2v) is 9.73. The number of anilines is 1. The van der Waals surface area contributed by atoms with Crippen LogP contribution in [0.3, 0.4) is 0 Å². The van der Waals surface area contributed by atoms with Crippen molar-refractivity contribution in [1.82, 2.24) is 4.98 Å². The number of nitrogens with one attached hydrogen (secondary N) is 1. The molecule has 5 heteroatoms. The number of ether oxygens (including phenoxy) is 1. The van der Waals surface area contributed by atoms with E-state index in [4.69, 9.17) is 4.74 Å². The standard InChI is InChI=1S/C27H28N2O2S/c1-27(2,3)22-12-14-23(15-13-22)31-16-6-9-25(30)29-26-28-24(18-32-26)21-11-10-19-7-4-5-8-20(19)17-21/h4-5,7-8,10-15,17-18H,6,9,16H2,1-3H3,(H,28,29,30). The summed E-state index contributed by atoms with van der Waals surface area (Å²) in [6, 6.07) is 22.7. The minimum absolute atomic E-state index is 0.0453. The van der Waals surface area contributed by atoms with Crippen LogP contribution in [-0.2, 0) is 10.2 Å². The molecule has 0 bridgehead atoms. The van der Waals surface area contributed by atoms with E-state index in [1.807, 2.05) is 29.6 Å². The van der Waals surface area contributed by atoms with E-state index in [0.29, 0.717) is 24.6 Å². The SMILES string of the molecule is CC(C)(C)c1ccc(OCCCC(=O)Nc2nc(-c3ccc4ccccc4c3)cs2)cc1. The van der Waals surface area contributed by atoms with E-state index in [1.165, 1.54) is 27.7 Å². The van der Waals surface area contributed by atoms with Gasteiger partial charge >= 0.3 is 0 Å². The molecule has 0 spiro atoms. The van der Waals surface area contributed by atoms with Crippen molar-refractivity contribution in [3.05, 3.63) is 77.7 Å². The number of rotatable bonds is 7. The fourth-order valence-corrected chi connectivity index (χ4v) is 4.20. The maximum atomic E-state index is 12.3. The number of thiazole rings is 1. The van der Waals surface area contributed by atoms with Crippen molar-refractivity contribution in [2.45, 2.75) is 39.0 Å². The highest BCUT2D eigenvalue weighted by Gasteiger charge is 2.13. The molecule has 0 aliphatic rings. The fraction of sp³-hybridized carbons (Fsp3) is 0.259. The van der Waals surface area contributed by atoms with Gasteiger partial charge in [-0.3, -0.25) is 4.79 Å². The van der Waals surface area contributed by atoms with Crippen molar-refractivity contribution in [3.63, 3.8) is 0 Å². The van der Waals surface area contributed by atoms with Gasteiger partial charge in [0.15, 0.2) is 5.13 Å². The molecule has 4 rings (SSSR count). The smallest absolute Gasteiger partial charge is 0.226 e. The molecule has 164 valence electrons. The number of hydrogen-bond donors (Lipinski definition) is 1. The van der Waals surface area contributed by atoms with E-state index in [0.717, 1.165) is 17.0 Å². The number of carbonyl (C=O) groups is 1. The van der Waals surface area contributed by atoms with Gasteiger partial charge in [0.05, 0.1) is 12.3 Å². The molecule has 1 aromatic heterocycles. The average molecular weight is 445 g/mol. The second-order valence-electron chi connectivity index (χ2n) is 8.87. The lowest BCUT2D eigenvalue weighted by atomic mass is 9.87. The third-order valence-corrected chi connectivity index (χ3v) is 6.09. The van der Waals surface area contributed by atoms with Crippen LogP contribution in [0.5, 0.6) is 5.75 Å². The zero-order chi connectivity index (χ0) is 22.6. The summed E-state index contributed by atoms with van der Waals surface area (Å²) in [5, 5.41) is 7.88. The van der Waals surface area contributed by atoms with E-state index in [1.54, 1.807) is 0 Å². The summed E-state index contributed by atoms with van der Waals surface area (Å²) in [6.45, 7) is 7.07. The van der Waals surface area contributed by atoms with Gasteiger partial charge in [0.2, 0.25) is 5.91 Å². The van der Waals surface area contributed by atoms with Gasteiger partial charge in [0.1, 0.15) is 5.75 Å². The Morgan fingerprint density at radius 1 is 1.00 bits per heavy atom. The predicted molar refractivity (Wildman–Crippen MR) is 134 cm³/mol. The number of fused-ring (bicyclic) bond motifs is 1. The summed E-state index contributed by atoms with van der Waals surface area (Å²) in [5.41, 5.74) is 3.32. The molecule has 0 aliphatic heterocycles. The Hall–Kier alpha value is -3.18. The summed E-state index contributed by atoms with van der Waals surface area (Å²) in [5.74, 6) is 0.787. The first kappa shape index (κ1) is 22.0. The molecule has 0 unspecified atom stereocenters. The zero-order valence-electron chi connectivity index (χ0n) is 18.7. The lowest BCUT2D eigenvalue weighted by Gasteiger charge is -2.19. The monoisotopic (exact) mass is 444 g/mol. The van der Waals surface area contributed by atoms with Crippen LogP contribution in [0.1, 0.15) is 39.2 Å². The lowest BCUT2D eigenvalue weighted by Crippen LogP contribution is -2.13. The predicted octanol–water partition coefficient (Wildman–Crippen LogP) is 7.06. The first-order chi connectivity index (χ1) is 15.4. The molecule has 0 atom stereocenters. The molecule has 32 heavy (non-hydrogen) atoms. The number of benzene rings is 3. The van der Waals surface area contributed by atoms with Crippen LogP contribution in [0.15, 0.2) is 72.1 Å². The van der Waals surface area contributed by atoms with Crippen molar-refractivity contribution in [1.29, 1.82) is 0 Å². The Labute approximate surface area is 193 Å². The minimum atomic E-state index is -0.0453. The number of hydrogen-bond acceptors (Lipinski definition) is 4. The molecule has 0 fully saturated rings. The number of aromatic nitrogens is 1. The molecule has 0 aliphatic carbocycles.